The van der Waals surface area contributed by atoms with E-state index in [9.17, 15) is 4.39 Å². The lowest BCUT2D eigenvalue weighted by molar-refractivity contribution is 0.590. The van der Waals surface area contributed by atoms with E-state index >= 15 is 0 Å². The quantitative estimate of drug-likeness (QED) is 0.405. The van der Waals surface area contributed by atoms with Gasteiger partial charge < -0.3 is 0 Å². The van der Waals surface area contributed by atoms with Crippen LogP contribution in [0.1, 0.15) is 49.9 Å². The molecule has 2 nitrogen and oxygen atoms in total. The van der Waals surface area contributed by atoms with Gasteiger partial charge in [-0.25, -0.2) is 4.39 Å². The second-order valence-corrected chi connectivity index (χ2v) is 9.42. The first-order valence-electron chi connectivity index (χ1n) is 9.90. The van der Waals surface area contributed by atoms with Gasteiger partial charge in [-0.1, -0.05) is 74.3 Å². The van der Waals surface area contributed by atoms with Crippen molar-refractivity contribution >= 4 is 34.6 Å². The zero-order chi connectivity index (χ0) is 21.5. The Balaban J connectivity index is 1.76. The van der Waals surface area contributed by atoms with Crippen LogP contribution in [0.15, 0.2) is 71.8 Å². The fourth-order valence-electron chi connectivity index (χ4n) is 3.69. The summed E-state index contributed by atoms with van der Waals surface area (Å²) >= 11 is 12.7. The Bertz CT molecular complexity index is 1080. The number of nitrogens with zero attached hydrogens (tertiary/aromatic N) is 2. The van der Waals surface area contributed by atoms with Crippen molar-refractivity contribution < 1.29 is 4.39 Å². The number of hydrogen-bond donors (Lipinski definition) is 0. The van der Waals surface area contributed by atoms with E-state index in [2.05, 4.69) is 45.0 Å². The number of hydrazone groups is 1. The van der Waals surface area contributed by atoms with E-state index < -0.39 is 0 Å². The topological polar surface area (TPSA) is 15.6 Å². The molecule has 1 atom stereocenters. The maximum atomic E-state index is 13.4. The van der Waals surface area contributed by atoms with Gasteiger partial charge in [-0.3, -0.25) is 5.01 Å². The summed E-state index contributed by atoms with van der Waals surface area (Å²) in [5, 5.41) is 8.12. The molecule has 30 heavy (non-hydrogen) atoms. The van der Waals surface area contributed by atoms with Crippen LogP contribution in [0, 0.1) is 5.82 Å². The van der Waals surface area contributed by atoms with Crippen molar-refractivity contribution in [3.63, 3.8) is 0 Å². The predicted molar refractivity (Wildman–Crippen MR) is 124 cm³/mol. The minimum atomic E-state index is -0.260. The summed E-state index contributed by atoms with van der Waals surface area (Å²) in [7, 11) is 0. The van der Waals surface area contributed by atoms with Gasteiger partial charge in [0.25, 0.3) is 0 Å². The summed E-state index contributed by atoms with van der Waals surface area (Å²) in [5.41, 5.74) is 5.07. The second-order valence-electron chi connectivity index (χ2n) is 8.58. The van der Waals surface area contributed by atoms with E-state index in [0.717, 1.165) is 22.5 Å². The first-order valence-corrected chi connectivity index (χ1v) is 10.7. The Morgan fingerprint density at radius 3 is 2.20 bits per heavy atom. The number of benzene rings is 3. The average molecular weight is 441 g/mol. The van der Waals surface area contributed by atoms with Crippen molar-refractivity contribution in [3.8, 4) is 0 Å². The zero-order valence-electron chi connectivity index (χ0n) is 17.2. The third kappa shape index (κ3) is 4.23. The molecule has 0 aromatic heterocycles. The van der Waals surface area contributed by atoms with Crippen molar-refractivity contribution in [1.29, 1.82) is 0 Å². The maximum Gasteiger partial charge on any atom is 0.123 e. The average Bonchev–Trinajstić information content (AvgIpc) is 3.13. The van der Waals surface area contributed by atoms with Gasteiger partial charge in [-0.15, -0.1) is 0 Å². The molecule has 154 valence electrons. The molecule has 0 amide bonds. The van der Waals surface area contributed by atoms with Crippen LogP contribution in [-0.4, -0.2) is 5.71 Å². The first-order chi connectivity index (χ1) is 14.2. The molecular weight excluding hydrogens is 418 g/mol. The van der Waals surface area contributed by atoms with Crippen LogP contribution in [-0.2, 0) is 5.41 Å². The lowest BCUT2D eigenvalue weighted by Gasteiger charge is -2.26. The first kappa shape index (κ1) is 20.9. The lowest BCUT2D eigenvalue weighted by Crippen LogP contribution is -2.19. The van der Waals surface area contributed by atoms with Gasteiger partial charge in [0.15, 0.2) is 0 Å². The van der Waals surface area contributed by atoms with Gasteiger partial charge in [0.05, 0.1) is 17.4 Å². The molecule has 3 aromatic rings. The van der Waals surface area contributed by atoms with E-state index in [1.807, 2.05) is 17.1 Å². The summed E-state index contributed by atoms with van der Waals surface area (Å²) in [6.45, 7) is 6.58. The molecule has 0 bridgehead atoms. The number of hydrogen-bond acceptors (Lipinski definition) is 2. The Labute approximate surface area is 186 Å². The Morgan fingerprint density at radius 2 is 1.60 bits per heavy atom. The van der Waals surface area contributed by atoms with E-state index in [-0.39, 0.29) is 17.3 Å². The molecule has 0 unspecified atom stereocenters. The molecule has 1 heterocycles. The molecule has 0 fully saturated rings. The van der Waals surface area contributed by atoms with Gasteiger partial charge in [0, 0.05) is 16.5 Å². The summed E-state index contributed by atoms with van der Waals surface area (Å²) in [6.07, 6.45) is 0.661. The predicted octanol–water partition coefficient (Wildman–Crippen LogP) is 7.79. The highest BCUT2D eigenvalue weighted by Gasteiger charge is 2.31. The molecule has 0 saturated heterocycles. The van der Waals surface area contributed by atoms with Crippen LogP contribution >= 0.6 is 23.2 Å². The van der Waals surface area contributed by atoms with Crippen molar-refractivity contribution in [2.75, 3.05) is 5.01 Å². The summed E-state index contributed by atoms with van der Waals surface area (Å²) < 4.78 is 13.4. The molecular formula is C25H23Cl2FN2. The normalized spacial score (nSPS) is 16.7. The lowest BCUT2D eigenvalue weighted by atomic mass is 9.87. The molecule has 3 aromatic carbocycles. The number of rotatable bonds is 3. The van der Waals surface area contributed by atoms with E-state index in [1.165, 1.54) is 17.7 Å². The van der Waals surface area contributed by atoms with Gasteiger partial charge in [0.1, 0.15) is 5.82 Å². The van der Waals surface area contributed by atoms with Gasteiger partial charge in [-0.05, 0) is 58.5 Å². The van der Waals surface area contributed by atoms with Crippen molar-refractivity contribution in [2.24, 2.45) is 5.10 Å². The van der Waals surface area contributed by atoms with Crippen LogP contribution in [0.4, 0.5) is 10.1 Å². The SMILES string of the molecule is CC(C)(C)c1ccc(N2N=C(c3ccc(F)cc3)C[C@H]2c2ccc(Cl)cc2Cl)cc1. The summed E-state index contributed by atoms with van der Waals surface area (Å²) in [4.78, 5) is 0. The molecule has 5 heteroatoms. The van der Waals surface area contributed by atoms with E-state index in [0.29, 0.717) is 16.5 Å². The number of halogens is 3. The van der Waals surface area contributed by atoms with Crippen LogP contribution < -0.4 is 5.01 Å². The molecule has 1 aliphatic rings. The third-order valence-corrected chi connectivity index (χ3v) is 5.97. The largest absolute Gasteiger partial charge is 0.257 e. The van der Waals surface area contributed by atoms with Gasteiger partial charge in [-0.2, -0.15) is 5.10 Å². The second kappa shape index (κ2) is 8.05. The summed E-state index contributed by atoms with van der Waals surface area (Å²) in [5.74, 6) is -0.260. The van der Waals surface area contributed by atoms with E-state index in [4.69, 9.17) is 28.3 Å². The summed E-state index contributed by atoms with van der Waals surface area (Å²) in [6, 6.07) is 20.4. The minimum Gasteiger partial charge on any atom is -0.257 e. The minimum absolute atomic E-state index is 0.0738. The van der Waals surface area contributed by atoms with Crippen molar-refractivity contribution in [3.05, 3.63) is 99.3 Å². The third-order valence-electron chi connectivity index (χ3n) is 5.41. The van der Waals surface area contributed by atoms with Crippen LogP contribution in [0.25, 0.3) is 0 Å². The maximum absolute atomic E-state index is 13.4. The molecule has 0 spiro atoms. The fourth-order valence-corrected chi connectivity index (χ4v) is 4.23. The van der Waals surface area contributed by atoms with Gasteiger partial charge in [0.2, 0.25) is 0 Å². The van der Waals surface area contributed by atoms with Crippen molar-refractivity contribution in [1.82, 2.24) is 0 Å². The van der Waals surface area contributed by atoms with Gasteiger partial charge >= 0.3 is 0 Å². The molecule has 1 aliphatic heterocycles. The van der Waals surface area contributed by atoms with Crippen LogP contribution in [0.3, 0.4) is 0 Å². The fraction of sp³-hybridized carbons (Fsp3) is 0.240. The van der Waals surface area contributed by atoms with Crippen LogP contribution in [0.2, 0.25) is 10.0 Å². The Kier molecular flexibility index (Phi) is 5.61. The molecule has 0 aliphatic carbocycles. The molecule has 4 rings (SSSR count). The molecule has 0 N–H and O–H groups in total. The monoisotopic (exact) mass is 440 g/mol. The molecule has 0 radical (unpaired) electrons. The van der Waals surface area contributed by atoms with Crippen molar-refractivity contribution in [2.45, 2.75) is 38.6 Å². The molecule has 0 saturated carbocycles. The van der Waals surface area contributed by atoms with Crippen LogP contribution in [0.5, 0.6) is 0 Å². The Hall–Kier alpha value is -2.36. The smallest absolute Gasteiger partial charge is 0.123 e. The highest BCUT2D eigenvalue weighted by molar-refractivity contribution is 6.35. The zero-order valence-corrected chi connectivity index (χ0v) is 18.7. The highest BCUT2D eigenvalue weighted by Crippen LogP contribution is 2.40. The highest BCUT2D eigenvalue weighted by atomic mass is 35.5. The number of anilines is 1. The standard InChI is InChI=1S/C25H23Cl2FN2/c1-25(2,3)17-6-11-20(12-7-17)30-24(21-13-8-18(26)14-22(21)27)15-23(29-30)16-4-9-19(28)10-5-16/h4-14,24H,15H2,1-3H3/t24-/m0/s1. The van der Waals surface area contributed by atoms with E-state index in [1.54, 1.807) is 18.2 Å². The Morgan fingerprint density at radius 1 is 0.933 bits per heavy atom.